The summed E-state index contributed by atoms with van der Waals surface area (Å²) in [5.41, 5.74) is 16.8. The molecule has 5 aromatic heterocycles. The van der Waals surface area contributed by atoms with E-state index in [1.54, 1.807) is 0 Å². The van der Waals surface area contributed by atoms with Crippen LogP contribution in [0.25, 0.3) is 93.9 Å². The number of rotatable bonds is 3. The largest absolute Gasteiger partial charge is 0.309 e. The van der Waals surface area contributed by atoms with Crippen molar-refractivity contribution in [3.8, 4) is 40.6 Å². The highest BCUT2D eigenvalue weighted by atomic mass is 32.2. The van der Waals surface area contributed by atoms with Gasteiger partial charge in [-0.2, -0.15) is 10.5 Å². The molecule has 1 aliphatic carbocycles. The van der Waals surface area contributed by atoms with E-state index >= 15 is 0 Å². The van der Waals surface area contributed by atoms with Gasteiger partial charge < -0.3 is 13.7 Å². The lowest BCUT2D eigenvalue weighted by atomic mass is 9.67. The van der Waals surface area contributed by atoms with Crippen LogP contribution in [0, 0.1) is 22.7 Å². The summed E-state index contributed by atoms with van der Waals surface area (Å²) < 4.78 is 7.05. The van der Waals surface area contributed by atoms with E-state index in [0.29, 0.717) is 11.1 Å². The van der Waals surface area contributed by atoms with Gasteiger partial charge in [-0.15, -0.1) is 0 Å². The van der Waals surface area contributed by atoms with Crippen LogP contribution < -0.4 is 0 Å². The average molecular weight is 896 g/mol. The van der Waals surface area contributed by atoms with Gasteiger partial charge in [0.2, 0.25) is 0 Å². The summed E-state index contributed by atoms with van der Waals surface area (Å²) in [6, 6.07) is 71.6. The molecule has 8 aromatic carbocycles. The van der Waals surface area contributed by atoms with Crippen LogP contribution in [0.1, 0.15) is 33.4 Å². The molecule has 2 aliphatic rings. The van der Waals surface area contributed by atoms with E-state index in [9.17, 15) is 10.5 Å². The molecule has 318 valence electrons. The Balaban J connectivity index is 0.957. The fourth-order valence-electron chi connectivity index (χ4n) is 11.9. The molecule has 0 atom stereocenters. The maximum Gasteiger partial charge on any atom is 0.0991 e. The molecule has 0 amide bonds. The molecule has 7 nitrogen and oxygen atoms in total. The standard InChI is InChI=1S/C61H33N7S/c62-34-36-17-24-54-44(29-36)45-30-37(35-63)18-25-55(45)66(54)38-21-26-56-46(31-38)43-11-3-6-16-53(43)68(56)40-20-23-48-58(33-40)69-57-32-39(67-51-14-4-1-9-41(51)42-10-2-5-15-52(42)67)19-22-47(57)61(48)49-12-7-27-64-59(49)60-50(61)13-8-28-65-60/h1-33H. The summed E-state index contributed by atoms with van der Waals surface area (Å²) in [4.78, 5) is 12.4. The molecule has 0 saturated heterocycles. The summed E-state index contributed by atoms with van der Waals surface area (Å²) >= 11 is 1.83. The molecule has 1 aliphatic heterocycles. The maximum absolute atomic E-state index is 9.84. The van der Waals surface area contributed by atoms with Gasteiger partial charge in [0, 0.05) is 71.6 Å². The molecule has 0 unspecified atom stereocenters. The molecule has 0 N–H and O–H groups in total. The van der Waals surface area contributed by atoms with Gasteiger partial charge in [0.15, 0.2) is 0 Å². The van der Waals surface area contributed by atoms with Crippen LogP contribution in [0.5, 0.6) is 0 Å². The smallest absolute Gasteiger partial charge is 0.0991 e. The van der Waals surface area contributed by atoms with Crippen molar-refractivity contribution in [3.05, 3.63) is 234 Å². The Bertz CT molecular complexity index is 4350. The van der Waals surface area contributed by atoms with E-state index in [1.807, 2.05) is 60.6 Å². The highest BCUT2D eigenvalue weighted by Gasteiger charge is 2.51. The van der Waals surface area contributed by atoms with E-state index in [-0.39, 0.29) is 0 Å². The van der Waals surface area contributed by atoms with Crippen molar-refractivity contribution in [2.45, 2.75) is 15.2 Å². The van der Waals surface area contributed by atoms with Crippen molar-refractivity contribution < 1.29 is 0 Å². The lowest BCUT2D eigenvalue weighted by Gasteiger charge is -2.39. The molecule has 0 saturated carbocycles. The molecular formula is C61H33N7S. The third kappa shape index (κ3) is 5.00. The zero-order valence-electron chi connectivity index (χ0n) is 36.6. The topological polar surface area (TPSA) is 88.1 Å². The van der Waals surface area contributed by atoms with Gasteiger partial charge in [0.1, 0.15) is 0 Å². The molecule has 0 bridgehead atoms. The Morgan fingerprint density at radius 1 is 0.362 bits per heavy atom. The molecule has 15 rings (SSSR count). The van der Waals surface area contributed by atoms with E-state index in [2.05, 4.69) is 177 Å². The van der Waals surface area contributed by atoms with Gasteiger partial charge in [-0.3, -0.25) is 9.97 Å². The third-order valence-corrected chi connectivity index (χ3v) is 15.8. The number of pyridine rings is 2. The van der Waals surface area contributed by atoms with Crippen LogP contribution in [0.15, 0.2) is 210 Å². The summed E-state index contributed by atoms with van der Waals surface area (Å²) in [7, 11) is 0. The Hall–Kier alpha value is -9.21. The van der Waals surface area contributed by atoms with Gasteiger partial charge in [-0.25, -0.2) is 0 Å². The van der Waals surface area contributed by atoms with Crippen molar-refractivity contribution in [2.75, 3.05) is 0 Å². The normalized spacial score (nSPS) is 13.2. The van der Waals surface area contributed by atoms with E-state index in [1.165, 1.54) is 42.7 Å². The Morgan fingerprint density at radius 2 is 0.754 bits per heavy atom. The number of aromatic nitrogens is 5. The Kier molecular flexibility index (Phi) is 7.65. The number of para-hydroxylation sites is 3. The van der Waals surface area contributed by atoms with Gasteiger partial charge in [0.05, 0.1) is 73.2 Å². The summed E-state index contributed by atoms with van der Waals surface area (Å²) in [6.45, 7) is 0. The van der Waals surface area contributed by atoms with Crippen LogP contribution in [0.4, 0.5) is 0 Å². The minimum atomic E-state index is -0.652. The van der Waals surface area contributed by atoms with Crippen molar-refractivity contribution in [1.82, 2.24) is 23.7 Å². The number of nitrogens with zero attached hydrogens (tertiary/aromatic N) is 7. The minimum Gasteiger partial charge on any atom is -0.309 e. The molecule has 1 spiro atoms. The fraction of sp³-hybridized carbons (Fsp3) is 0.0164. The van der Waals surface area contributed by atoms with Crippen molar-refractivity contribution >= 4 is 77.2 Å². The second kappa shape index (κ2) is 13.9. The number of hydrogen-bond acceptors (Lipinski definition) is 5. The van der Waals surface area contributed by atoms with Crippen molar-refractivity contribution in [2.24, 2.45) is 0 Å². The lowest BCUT2D eigenvalue weighted by Crippen LogP contribution is -2.32. The first-order valence-corrected chi connectivity index (χ1v) is 23.7. The van der Waals surface area contributed by atoms with Gasteiger partial charge in [-0.05, 0) is 131 Å². The van der Waals surface area contributed by atoms with Crippen molar-refractivity contribution in [1.29, 1.82) is 10.5 Å². The minimum absolute atomic E-state index is 0.582. The molecule has 69 heavy (non-hydrogen) atoms. The molecule has 0 radical (unpaired) electrons. The van der Waals surface area contributed by atoms with Crippen LogP contribution >= 0.6 is 11.8 Å². The quantitative estimate of drug-likeness (QED) is 0.176. The average Bonchev–Trinajstić information content (AvgIpc) is 4.12. The van der Waals surface area contributed by atoms with Gasteiger partial charge in [0.25, 0.3) is 0 Å². The highest BCUT2D eigenvalue weighted by Crippen LogP contribution is 2.62. The van der Waals surface area contributed by atoms with E-state index < -0.39 is 5.41 Å². The third-order valence-electron chi connectivity index (χ3n) is 14.6. The van der Waals surface area contributed by atoms with E-state index in [0.717, 1.165) is 83.2 Å². The Labute approximate surface area is 399 Å². The number of nitriles is 2. The molecule has 6 heterocycles. The van der Waals surface area contributed by atoms with Crippen LogP contribution in [-0.4, -0.2) is 23.7 Å². The molecule has 13 aromatic rings. The summed E-state index contributed by atoms with van der Waals surface area (Å²) in [5.74, 6) is 0. The Morgan fingerprint density at radius 3 is 1.23 bits per heavy atom. The highest BCUT2D eigenvalue weighted by molar-refractivity contribution is 7.99. The number of fused-ring (bicyclic) bond motifs is 18. The lowest BCUT2D eigenvalue weighted by molar-refractivity contribution is 0.718. The zero-order valence-corrected chi connectivity index (χ0v) is 37.4. The summed E-state index contributed by atoms with van der Waals surface area (Å²) in [5, 5.41) is 26.3. The molecule has 8 heteroatoms. The van der Waals surface area contributed by atoms with Gasteiger partial charge in [-0.1, -0.05) is 90.6 Å². The van der Waals surface area contributed by atoms with Crippen molar-refractivity contribution in [3.63, 3.8) is 0 Å². The monoisotopic (exact) mass is 895 g/mol. The maximum atomic E-state index is 9.84. The van der Waals surface area contributed by atoms with Crippen LogP contribution in [0.3, 0.4) is 0 Å². The number of hydrogen-bond donors (Lipinski definition) is 0. The predicted octanol–water partition coefficient (Wildman–Crippen LogP) is 14.3. The second-order valence-corrected chi connectivity index (χ2v) is 19.0. The first-order chi connectivity index (χ1) is 34.1. The molecular weight excluding hydrogens is 863 g/mol. The van der Waals surface area contributed by atoms with Crippen LogP contribution in [0.2, 0.25) is 0 Å². The summed E-state index contributed by atoms with van der Waals surface area (Å²) in [6.07, 6.45) is 3.77. The first-order valence-electron chi connectivity index (χ1n) is 22.9. The van der Waals surface area contributed by atoms with E-state index in [4.69, 9.17) is 9.97 Å². The zero-order chi connectivity index (χ0) is 45.5. The fourth-order valence-corrected chi connectivity index (χ4v) is 13.1. The van der Waals surface area contributed by atoms with Crippen LogP contribution in [-0.2, 0) is 5.41 Å². The molecule has 0 fully saturated rings. The van der Waals surface area contributed by atoms with Gasteiger partial charge >= 0.3 is 0 Å². The first kappa shape index (κ1) is 38.0. The second-order valence-electron chi connectivity index (χ2n) is 18.0. The SMILES string of the molecule is N#Cc1ccc2c(c1)c1cc(C#N)ccc1n2-c1ccc2c(c1)c1ccccc1n2-c1ccc2c(c1)Sc1cc(-n3c4ccccc4c4ccccc43)ccc1C21c2cccnc2-c2ncccc21. The number of benzene rings is 8. The predicted molar refractivity (Wildman–Crippen MR) is 276 cm³/mol.